The van der Waals surface area contributed by atoms with Crippen LogP contribution in [-0.4, -0.2) is 9.13 Å². The van der Waals surface area contributed by atoms with Gasteiger partial charge in [-0.2, -0.15) is 0 Å². The first-order valence-corrected chi connectivity index (χ1v) is 25.4. The third-order valence-corrected chi connectivity index (χ3v) is 15.0. The summed E-state index contributed by atoms with van der Waals surface area (Å²) in [6.45, 7) is 14.5. The Morgan fingerprint density at radius 3 is 0.931 bits per heavy atom. The summed E-state index contributed by atoms with van der Waals surface area (Å²) in [5.74, 6) is 0. The molecular formula is C70H56N2. The molecule has 0 aliphatic heterocycles. The van der Waals surface area contributed by atoms with Gasteiger partial charge in [0.05, 0.1) is 33.8 Å². The number of nitrogens with zero attached hydrogens (tertiary/aromatic N) is 2. The zero-order valence-corrected chi connectivity index (χ0v) is 41.8. The van der Waals surface area contributed by atoms with Gasteiger partial charge in [0.15, 0.2) is 0 Å². The summed E-state index contributed by atoms with van der Waals surface area (Å²) >= 11 is 0. The number of hydrogen-bond acceptors (Lipinski definition) is 0. The van der Waals surface area contributed by atoms with Crippen molar-refractivity contribution in [3.05, 3.63) is 242 Å². The predicted molar refractivity (Wildman–Crippen MR) is 309 cm³/mol. The van der Waals surface area contributed by atoms with E-state index in [1.807, 2.05) is 0 Å². The molecule has 2 aromatic heterocycles. The molecule has 0 aliphatic rings. The molecule has 0 unspecified atom stereocenters. The molecule has 2 heteroatoms. The summed E-state index contributed by atoms with van der Waals surface area (Å²) in [6, 6.07) is 85.7. The van der Waals surface area contributed by atoms with Gasteiger partial charge >= 0.3 is 0 Å². The van der Waals surface area contributed by atoms with E-state index in [4.69, 9.17) is 0 Å². The van der Waals surface area contributed by atoms with Crippen LogP contribution in [-0.2, 0) is 10.8 Å². The lowest BCUT2D eigenvalue weighted by Gasteiger charge is -2.31. The molecule has 0 aliphatic carbocycles. The van der Waals surface area contributed by atoms with Crippen LogP contribution in [0.4, 0.5) is 0 Å². The zero-order valence-electron chi connectivity index (χ0n) is 41.8. The largest absolute Gasteiger partial charge is 0.308 e. The molecule has 11 aromatic carbocycles. The summed E-state index contributed by atoms with van der Waals surface area (Å²) < 4.78 is 5.16. The first-order chi connectivity index (χ1) is 35.0. The Bertz CT molecular complexity index is 3950. The molecule has 13 rings (SSSR count). The fourth-order valence-corrected chi connectivity index (χ4v) is 12.2. The molecule has 0 fully saturated rings. The van der Waals surface area contributed by atoms with Crippen molar-refractivity contribution in [2.24, 2.45) is 0 Å². The van der Waals surface area contributed by atoms with E-state index < -0.39 is 0 Å². The lowest BCUT2D eigenvalue weighted by Crippen LogP contribution is -2.18. The first kappa shape index (κ1) is 43.6. The first-order valence-electron chi connectivity index (χ1n) is 25.4. The number of benzene rings is 11. The topological polar surface area (TPSA) is 9.86 Å². The summed E-state index contributed by atoms with van der Waals surface area (Å²) in [4.78, 5) is 0. The van der Waals surface area contributed by atoms with Gasteiger partial charge < -0.3 is 9.13 Å². The Morgan fingerprint density at radius 2 is 0.569 bits per heavy atom. The van der Waals surface area contributed by atoms with Gasteiger partial charge in [-0.25, -0.2) is 0 Å². The van der Waals surface area contributed by atoms with Crippen LogP contribution >= 0.6 is 0 Å². The highest BCUT2D eigenvalue weighted by Crippen LogP contribution is 2.52. The van der Waals surface area contributed by atoms with Crippen molar-refractivity contribution < 1.29 is 0 Å². The Hall–Kier alpha value is -8.46. The molecule has 0 spiro atoms. The molecule has 0 N–H and O–H groups in total. The predicted octanol–water partition coefficient (Wildman–Crippen LogP) is 19.5. The monoisotopic (exact) mass is 924 g/mol. The average molecular weight is 925 g/mol. The van der Waals surface area contributed by atoms with E-state index in [0.717, 1.165) is 0 Å². The molecule has 0 saturated heterocycles. The smallest absolute Gasteiger partial charge is 0.0619 e. The molecule has 13 aromatic rings. The van der Waals surface area contributed by atoms with Crippen molar-refractivity contribution in [2.45, 2.75) is 52.4 Å². The average Bonchev–Trinajstić information content (AvgIpc) is 3.91. The lowest BCUT2D eigenvalue weighted by molar-refractivity contribution is 0.593. The Balaban J connectivity index is 1.28. The number of aromatic nitrogens is 2. The summed E-state index contributed by atoms with van der Waals surface area (Å²) in [5.41, 5.74) is 16.6. The molecule has 0 atom stereocenters. The van der Waals surface area contributed by atoms with Crippen LogP contribution in [0, 0.1) is 0 Å². The maximum atomic E-state index is 2.58. The summed E-state index contributed by atoms with van der Waals surface area (Å²) in [6.07, 6.45) is 0. The van der Waals surface area contributed by atoms with Crippen molar-refractivity contribution in [1.29, 1.82) is 0 Å². The maximum Gasteiger partial charge on any atom is 0.0619 e. The molecule has 0 bridgehead atoms. The quantitative estimate of drug-likeness (QED) is 0.147. The van der Waals surface area contributed by atoms with Crippen LogP contribution in [0.25, 0.3) is 121 Å². The van der Waals surface area contributed by atoms with E-state index in [2.05, 4.69) is 281 Å². The van der Waals surface area contributed by atoms with Crippen molar-refractivity contribution >= 4 is 64.9 Å². The number of hydrogen-bond donors (Lipinski definition) is 0. The van der Waals surface area contributed by atoms with E-state index >= 15 is 0 Å². The van der Waals surface area contributed by atoms with Crippen LogP contribution in [0.1, 0.15) is 52.7 Å². The molecule has 0 amide bonds. The second kappa shape index (κ2) is 16.6. The Kier molecular flexibility index (Phi) is 10.0. The molecule has 0 saturated carbocycles. The minimum absolute atomic E-state index is 0.247. The molecule has 72 heavy (non-hydrogen) atoms. The van der Waals surface area contributed by atoms with E-state index in [9.17, 15) is 0 Å². The van der Waals surface area contributed by atoms with Gasteiger partial charge in [-0.3, -0.25) is 0 Å². The van der Waals surface area contributed by atoms with Crippen LogP contribution in [0.15, 0.2) is 231 Å². The van der Waals surface area contributed by atoms with Gasteiger partial charge in [0.2, 0.25) is 0 Å². The van der Waals surface area contributed by atoms with Gasteiger partial charge in [0.1, 0.15) is 0 Å². The molecule has 2 nitrogen and oxygen atoms in total. The molecule has 0 radical (unpaired) electrons. The van der Waals surface area contributed by atoms with Crippen molar-refractivity contribution in [2.75, 3.05) is 0 Å². The van der Waals surface area contributed by atoms with Crippen molar-refractivity contribution in [1.82, 2.24) is 9.13 Å². The molecular weight excluding hydrogens is 869 g/mol. The minimum Gasteiger partial charge on any atom is -0.308 e. The van der Waals surface area contributed by atoms with E-state index in [-0.39, 0.29) is 10.8 Å². The minimum atomic E-state index is -0.247. The lowest BCUT2D eigenvalue weighted by atomic mass is 9.73. The van der Waals surface area contributed by atoms with E-state index in [0.29, 0.717) is 0 Å². The zero-order chi connectivity index (χ0) is 48.9. The van der Waals surface area contributed by atoms with Crippen molar-refractivity contribution in [3.63, 3.8) is 0 Å². The molecule has 346 valence electrons. The van der Waals surface area contributed by atoms with Gasteiger partial charge in [-0.1, -0.05) is 236 Å². The van der Waals surface area contributed by atoms with Crippen LogP contribution < -0.4 is 0 Å². The third kappa shape index (κ3) is 6.84. The standard InChI is InChI=1S/C70H56N2/c1-69(2,3)65-53-41-57-62(72(60-40-24-36-46-26-20-22-38-52(46)60)67(49-31-15-9-16-32-49)63(57)47-27-11-7-12-28-47)44-56(53)66(70(4,5)6)54-42-58-61(43-55(54)65)71(59-39-23-35-45-25-19-21-37-51(45)59)68(50-33-17-10-18-34-50)64(58)48-29-13-8-14-30-48/h7-44H,1-6H3. The summed E-state index contributed by atoms with van der Waals surface area (Å²) in [7, 11) is 0. The second-order valence-corrected chi connectivity index (χ2v) is 21.7. The van der Waals surface area contributed by atoms with E-state index in [1.54, 1.807) is 0 Å². The number of fused-ring (bicyclic) bond motifs is 6. The van der Waals surface area contributed by atoms with Gasteiger partial charge in [-0.05, 0) is 113 Å². The van der Waals surface area contributed by atoms with Crippen LogP contribution in [0.2, 0.25) is 0 Å². The van der Waals surface area contributed by atoms with Crippen LogP contribution in [0.3, 0.4) is 0 Å². The SMILES string of the molecule is CC(C)(C)c1c2cc3c(-c4ccccc4)c(-c4ccccc4)n(-c4cccc5ccccc45)c3cc2c(C(C)(C)C)c2cc3c(-c4ccccc4)c(-c4ccccc4)n(-c4cccc5ccccc45)c3cc12. The fraction of sp³-hybridized carbons (Fsp3) is 0.114. The summed E-state index contributed by atoms with van der Waals surface area (Å²) in [5, 5.41) is 12.5. The highest BCUT2D eigenvalue weighted by atomic mass is 15.0. The second-order valence-electron chi connectivity index (χ2n) is 21.7. The normalized spacial score (nSPS) is 12.3. The fourth-order valence-electron chi connectivity index (χ4n) is 12.2. The maximum absolute atomic E-state index is 2.58. The van der Waals surface area contributed by atoms with Crippen molar-refractivity contribution in [3.8, 4) is 56.1 Å². The number of rotatable bonds is 6. The highest BCUT2D eigenvalue weighted by molar-refractivity contribution is 6.20. The third-order valence-electron chi connectivity index (χ3n) is 15.0. The molecule has 2 heterocycles. The Labute approximate surface area is 422 Å². The van der Waals surface area contributed by atoms with Crippen LogP contribution in [0.5, 0.6) is 0 Å². The van der Waals surface area contributed by atoms with E-state index in [1.165, 1.54) is 132 Å². The van der Waals surface area contributed by atoms with Gasteiger partial charge in [-0.15, -0.1) is 0 Å². The highest BCUT2D eigenvalue weighted by Gasteiger charge is 2.32. The Morgan fingerprint density at radius 1 is 0.264 bits per heavy atom. The van der Waals surface area contributed by atoms with Gasteiger partial charge in [0.25, 0.3) is 0 Å². The van der Waals surface area contributed by atoms with Gasteiger partial charge in [0, 0.05) is 32.7 Å².